The van der Waals surface area contributed by atoms with Crippen molar-refractivity contribution < 1.29 is 0 Å². The lowest BCUT2D eigenvalue weighted by atomic mass is 9.96. The van der Waals surface area contributed by atoms with E-state index in [0.717, 1.165) is 12.5 Å². The van der Waals surface area contributed by atoms with Gasteiger partial charge in [0.15, 0.2) is 0 Å². The van der Waals surface area contributed by atoms with Crippen LogP contribution in [-0.2, 0) is 0 Å². The van der Waals surface area contributed by atoms with E-state index in [1.807, 2.05) is 0 Å². The molecule has 0 spiro atoms. The zero-order chi connectivity index (χ0) is 13.7. The normalized spacial score (nSPS) is 19.7. The van der Waals surface area contributed by atoms with E-state index in [0.29, 0.717) is 5.92 Å². The highest BCUT2D eigenvalue weighted by Crippen LogP contribution is 2.23. The molecule has 0 amide bonds. The standard InChI is InChI=1S/C17H28N2/c1-13(2)16-7-6-14(3)17(11-16)19-10-8-15-5-4-9-18-12-15/h6-7,11,13,15,18-19H,4-5,8-10,12H2,1-3H3. The topological polar surface area (TPSA) is 24.1 Å². The van der Waals surface area contributed by atoms with Crippen molar-refractivity contribution in [2.75, 3.05) is 25.0 Å². The van der Waals surface area contributed by atoms with Crippen LogP contribution in [0.25, 0.3) is 0 Å². The number of nitrogens with one attached hydrogen (secondary N) is 2. The van der Waals surface area contributed by atoms with E-state index in [4.69, 9.17) is 0 Å². The average molecular weight is 260 g/mol. The molecule has 1 aliphatic rings. The van der Waals surface area contributed by atoms with E-state index in [1.165, 1.54) is 49.2 Å². The van der Waals surface area contributed by atoms with Crippen LogP contribution in [0.3, 0.4) is 0 Å². The maximum absolute atomic E-state index is 3.63. The Morgan fingerprint density at radius 3 is 2.89 bits per heavy atom. The third kappa shape index (κ3) is 4.24. The highest BCUT2D eigenvalue weighted by molar-refractivity contribution is 5.53. The lowest BCUT2D eigenvalue weighted by Crippen LogP contribution is -2.30. The molecule has 2 rings (SSSR count). The highest BCUT2D eigenvalue weighted by Gasteiger charge is 2.12. The van der Waals surface area contributed by atoms with Crippen molar-refractivity contribution >= 4 is 5.69 Å². The van der Waals surface area contributed by atoms with Crippen LogP contribution < -0.4 is 10.6 Å². The first-order chi connectivity index (χ1) is 9.16. The SMILES string of the molecule is Cc1ccc(C(C)C)cc1NCCC1CCCNC1. The largest absolute Gasteiger partial charge is 0.385 e. The van der Waals surface area contributed by atoms with Crippen LogP contribution >= 0.6 is 0 Å². The number of piperidine rings is 1. The maximum Gasteiger partial charge on any atom is 0.0372 e. The second-order valence-electron chi connectivity index (χ2n) is 6.16. The van der Waals surface area contributed by atoms with Crippen molar-refractivity contribution in [3.8, 4) is 0 Å². The van der Waals surface area contributed by atoms with E-state index in [1.54, 1.807) is 0 Å². The van der Waals surface area contributed by atoms with Gasteiger partial charge in [-0.1, -0.05) is 26.0 Å². The Labute approximate surface area is 118 Å². The monoisotopic (exact) mass is 260 g/mol. The summed E-state index contributed by atoms with van der Waals surface area (Å²) in [5.41, 5.74) is 4.09. The van der Waals surface area contributed by atoms with Gasteiger partial charge in [0.25, 0.3) is 0 Å². The second-order valence-corrected chi connectivity index (χ2v) is 6.16. The third-order valence-corrected chi connectivity index (χ3v) is 4.20. The van der Waals surface area contributed by atoms with Crippen LogP contribution in [0.2, 0.25) is 0 Å². The van der Waals surface area contributed by atoms with Gasteiger partial charge in [-0.3, -0.25) is 0 Å². The molecule has 1 fully saturated rings. The Kier molecular flexibility index (Phi) is 5.26. The molecule has 106 valence electrons. The average Bonchev–Trinajstić information content (AvgIpc) is 2.42. The van der Waals surface area contributed by atoms with E-state index in [2.05, 4.69) is 49.6 Å². The van der Waals surface area contributed by atoms with Gasteiger partial charge in [0, 0.05) is 12.2 Å². The molecule has 2 nitrogen and oxygen atoms in total. The molecule has 1 atom stereocenters. The third-order valence-electron chi connectivity index (χ3n) is 4.20. The molecule has 0 aliphatic carbocycles. The maximum atomic E-state index is 3.63. The molecule has 0 radical (unpaired) electrons. The van der Waals surface area contributed by atoms with Crippen LogP contribution in [0, 0.1) is 12.8 Å². The van der Waals surface area contributed by atoms with Crippen molar-refractivity contribution in [2.24, 2.45) is 5.92 Å². The van der Waals surface area contributed by atoms with Crippen LogP contribution in [-0.4, -0.2) is 19.6 Å². The van der Waals surface area contributed by atoms with Crippen molar-refractivity contribution in [1.82, 2.24) is 5.32 Å². The predicted octanol–water partition coefficient (Wildman–Crippen LogP) is 3.92. The summed E-state index contributed by atoms with van der Waals surface area (Å²) >= 11 is 0. The number of rotatable bonds is 5. The number of hydrogen-bond donors (Lipinski definition) is 2. The Morgan fingerprint density at radius 1 is 1.37 bits per heavy atom. The summed E-state index contributed by atoms with van der Waals surface area (Å²) in [6.07, 6.45) is 4.00. The molecular formula is C17H28N2. The van der Waals surface area contributed by atoms with Crippen molar-refractivity contribution in [2.45, 2.75) is 46.0 Å². The fourth-order valence-corrected chi connectivity index (χ4v) is 2.77. The van der Waals surface area contributed by atoms with Crippen molar-refractivity contribution in [1.29, 1.82) is 0 Å². The van der Waals surface area contributed by atoms with E-state index in [-0.39, 0.29) is 0 Å². The first-order valence-corrected chi connectivity index (χ1v) is 7.72. The molecule has 1 heterocycles. The molecular weight excluding hydrogens is 232 g/mol. The zero-order valence-electron chi connectivity index (χ0n) is 12.6. The fourth-order valence-electron chi connectivity index (χ4n) is 2.77. The molecule has 0 saturated carbocycles. The molecule has 0 bridgehead atoms. The molecule has 1 aromatic rings. The summed E-state index contributed by atoms with van der Waals surface area (Å²) < 4.78 is 0. The summed E-state index contributed by atoms with van der Waals surface area (Å²) in [6.45, 7) is 10.2. The first-order valence-electron chi connectivity index (χ1n) is 7.72. The second kappa shape index (κ2) is 6.95. The molecule has 1 aliphatic heterocycles. The molecule has 2 heteroatoms. The Balaban J connectivity index is 1.86. The molecule has 0 aromatic heterocycles. The number of anilines is 1. The minimum atomic E-state index is 0.601. The van der Waals surface area contributed by atoms with Gasteiger partial charge in [-0.25, -0.2) is 0 Å². The molecule has 1 aromatic carbocycles. The van der Waals surface area contributed by atoms with Gasteiger partial charge >= 0.3 is 0 Å². The van der Waals surface area contributed by atoms with Gasteiger partial charge in [-0.15, -0.1) is 0 Å². The van der Waals surface area contributed by atoms with Crippen molar-refractivity contribution in [3.05, 3.63) is 29.3 Å². The van der Waals surface area contributed by atoms with Gasteiger partial charge < -0.3 is 10.6 Å². The molecule has 1 saturated heterocycles. The summed E-state index contributed by atoms with van der Waals surface area (Å²) in [5, 5.41) is 7.12. The molecule has 19 heavy (non-hydrogen) atoms. The Morgan fingerprint density at radius 2 is 2.21 bits per heavy atom. The zero-order valence-corrected chi connectivity index (χ0v) is 12.6. The summed E-state index contributed by atoms with van der Waals surface area (Å²) in [4.78, 5) is 0. The van der Waals surface area contributed by atoms with Gasteiger partial charge in [-0.2, -0.15) is 0 Å². The lowest BCUT2D eigenvalue weighted by molar-refractivity contribution is 0.364. The minimum absolute atomic E-state index is 0.601. The van der Waals surface area contributed by atoms with Crippen molar-refractivity contribution in [3.63, 3.8) is 0 Å². The van der Waals surface area contributed by atoms with Gasteiger partial charge in [0.1, 0.15) is 0 Å². The van der Waals surface area contributed by atoms with E-state index < -0.39 is 0 Å². The smallest absolute Gasteiger partial charge is 0.0372 e. The minimum Gasteiger partial charge on any atom is -0.385 e. The van der Waals surface area contributed by atoms with Crippen LogP contribution in [0.15, 0.2) is 18.2 Å². The predicted molar refractivity (Wildman–Crippen MR) is 84.0 cm³/mol. The number of benzene rings is 1. The van der Waals surface area contributed by atoms with Gasteiger partial charge in [0.05, 0.1) is 0 Å². The highest BCUT2D eigenvalue weighted by atomic mass is 14.9. The number of hydrogen-bond acceptors (Lipinski definition) is 2. The van der Waals surface area contributed by atoms with Crippen LogP contribution in [0.5, 0.6) is 0 Å². The summed E-state index contributed by atoms with van der Waals surface area (Å²) in [7, 11) is 0. The van der Waals surface area contributed by atoms with Crippen LogP contribution in [0.1, 0.15) is 50.2 Å². The molecule has 2 N–H and O–H groups in total. The summed E-state index contributed by atoms with van der Waals surface area (Å²) in [6, 6.07) is 6.80. The number of aryl methyl sites for hydroxylation is 1. The Bertz CT molecular complexity index is 392. The first kappa shape index (κ1) is 14.4. The van der Waals surface area contributed by atoms with Gasteiger partial charge in [-0.05, 0) is 68.3 Å². The van der Waals surface area contributed by atoms with E-state index >= 15 is 0 Å². The van der Waals surface area contributed by atoms with Crippen LogP contribution in [0.4, 0.5) is 5.69 Å². The van der Waals surface area contributed by atoms with Gasteiger partial charge in [0.2, 0.25) is 0 Å². The fraction of sp³-hybridized carbons (Fsp3) is 0.647. The quantitative estimate of drug-likeness (QED) is 0.838. The van der Waals surface area contributed by atoms with E-state index in [9.17, 15) is 0 Å². The summed E-state index contributed by atoms with van der Waals surface area (Å²) in [5.74, 6) is 1.46. The molecule has 1 unspecified atom stereocenters. The Hall–Kier alpha value is -1.02. The lowest BCUT2D eigenvalue weighted by Gasteiger charge is -2.23.